The van der Waals surface area contributed by atoms with E-state index in [1.54, 1.807) is 12.1 Å². The second-order valence-electron chi connectivity index (χ2n) is 4.03. The van der Waals surface area contributed by atoms with Crippen LogP contribution in [0.1, 0.15) is 0 Å². The largest absolute Gasteiger partial charge is 0.398 e. The quantitative estimate of drug-likeness (QED) is 0.607. The minimum absolute atomic E-state index is 0.0340. The minimum atomic E-state index is -4.01. The lowest BCUT2D eigenvalue weighted by atomic mass is 10.3. The van der Waals surface area contributed by atoms with E-state index in [2.05, 4.69) is 52.5 Å². The van der Waals surface area contributed by atoms with Gasteiger partial charge in [0.1, 0.15) is 10.7 Å². The molecule has 0 aromatic heterocycles. The molecular weight excluding hydrogens is 495 g/mol. The molecule has 2 aromatic rings. The van der Waals surface area contributed by atoms with Crippen LogP contribution in [-0.2, 0) is 10.0 Å². The Balaban J connectivity index is 2.50. The van der Waals surface area contributed by atoms with Gasteiger partial charge in [-0.1, -0.05) is 15.9 Å². The molecule has 4 nitrogen and oxygen atoms in total. The Labute approximate surface area is 146 Å². The van der Waals surface area contributed by atoms with E-state index in [1.807, 2.05) is 0 Å². The summed E-state index contributed by atoms with van der Waals surface area (Å²) in [5.41, 5.74) is 5.87. The molecule has 0 aliphatic rings. The lowest BCUT2D eigenvalue weighted by Gasteiger charge is -2.13. The van der Waals surface area contributed by atoms with E-state index in [0.717, 1.165) is 16.6 Å². The molecule has 0 unspecified atom stereocenters. The zero-order valence-electron chi connectivity index (χ0n) is 10.2. The number of nitrogen functional groups attached to an aromatic ring is 1. The molecule has 112 valence electrons. The first-order chi connectivity index (χ1) is 9.70. The third kappa shape index (κ3) is 3.77. The van der Waals surface area contributed by atoms with Gasteiger partial charge in [0.25, 0.3) is 10.0 Å². The first kappa shape index (κ1) is 16.7. The topological polar surface area (TPSA) is 72.2 Å². The van der Waals surface area contributed by atoms with E-state index in [4.69, 9.17) is 5.73 Å². The maximum atomic E-state index is 13.3. The molecule has 3 N–H and O–H groups in total. The highest BCUT2D eigenvalue weighted by Gasteiger charge is 2.21. The highest BCUT2D eigenvalue weighted by atomic mass is 79.9. The van der Waals surface area contributed by atoms with Crippen molar-refractivity contribution >= 4 is 69.2 Å². The van der Waals surface area contributed by atoms with Crippen molar-refractivity contribution in [3.63, 3.8) is 0 Å². The molecule has 0 bridgehead atoms. The predicted molar refractivity (Wildman–Crippen MR) is 91.2 cm³/mol. The van der Waals surface area contributed by atoms with Crippen molar-refractivity contribution in [2.45, 2.75) is 4.90 Å². The molecule has 9 heteroatoms. The van der Waals surface area contributed by atoms with Crippen LogP contribution in [0.2, 0.25) is 0 Å². The second kappa shape index (κ2) is 6.23. The minimum Gasteiger partial charge on any atom is -0.398 e. The maximum Gasteiger partial charge on any atom is 0.264 e. The fraction of sp³-hybridized carbons (Fsp3) is 0. The molecule has 0 amide bonds. The summed E-state index contributed by atoms with van der Waals surface area (Å²) in [5, 5.41) is 0. The second-order valence-corrected chi connectivity index (χ2v) is 8.31. The zero-order chi connectivity index (χ0) is 15.8. The number of hydrogen-bond donors (Lipinski definition) is 2. The monoisotopic (exact) mass is 500 g/mol. The Morgan fingerprint density at radius 3 is 2.19 bits per heavy atom. The van der Waals surface area contributed by atoms with E-state index < -0.39 is 15.8 Å². The van der Waals surface area contributed by atoms with Crippen LogP contribution in [-0.4, -0.2) is 8.42 Å². The van der Waals surface area contributed by atoms with Crippen molar-refractivity contribution in [3.05, 3.63) is 49.6 Å². The van der Waals surface area contributed by atoms with Crippen LogP contribution in [0.4, 0.5) is 15.8 Å². The van der Waals surface area contributed by atoms with Gasteiger partial charge in [0.05, 0.1) is 11.4 Å². The molecule has 0 atom stereocenters. The van der Waals surface area contributed by atoms with Crippen LogP contribution in [0.25, 0.3) is 0 Å². The number of anilines is 2. The number of nitrogens with two attached hydrogens (primary N) is 1. The van der Waals surface area contributed by atoms with E-state index in [1.165, 1.54) is 6.07 Å². The Morgan fingerprint density at radius 2 is 1.62 bits per heavy atom. The molecule has 21 heavy (non-hydrogen) atoms. The lowest BCUT2D eigenvalue weighted by molar-refractivity contribution is 0.596. The van der Waals surface area contributed by atoms with Crippen molar-refractivity contribution in [1.82, 2.24) is 0 Å². The number of rotatable bonds is 3. The van der Waals surface area contributed by atoms with Gasteiger partial charge in [-0.2, -0.15) is 0 Å². The standard InChI is InChI=1S/C12H8Br3FN2O2S/c13-6-3-8(14)12(9(15)4-6)18-21(19,20)11-5-7(16)1-2-10(11)17/h1-5,18H,17H2. The first-order valence-corrected chi connectivity index (χ1v) is 9.29. The molecule has 2 aromatic carbocycles. The summed E-state index contributed by atoms with van der Waals surface area (Å²) in [6.07, 6.45) is 0. The van der Waals surface area contributed by atoms with Gasteiger partial charge in [0.15, 0.2) is 0 Å². The average Bonchev–Trinajstić information content (AvgIpc) is 2.36. The van der Waals surface area contributed by atoms with Gasteiger partial charge in [-0.3, -0.25) is 4.72 Å². The smallest absolute Gasteiger partial charge is 0.264 e. The third-order valence-electron chi connectivity index (χ3n) is 2.51. The van der Waals surface area contributed by atoms with Crippen LogP contribution in [0.3, 0.4) is 0 Å². The number of hydrogen-bond acceptors (Lipinski definition) is 3. The first-order valence-electron chi connectivity index (χ1n) is 5.43. The third-order valence-corrected chi connectivity index (χ3v) is 5.62. The summed E-state index contributed by atoms with van der Waals surface area (Å²) in [5.74, 6) is -0.682. The molecule has 0 aliphatic heterocycles. The van der Waals surface area contributed by atoms with Gasteiger partial charge in [0, 0.05) is 13.4 Å². The van der Waals surface area contributed by atoms with Gasteiger partial charge >= 0.3 is 0 Å². The molecule has 2 rings (SSSR count). The zero-order valence-corrected chi connectivity index (χ0v) is 15.8. The SMILES string of the molecule is Nc1ccc(F)cc1S(=O)(=O)Nc1c(Br)cc(Br)cc1Br. The van der Waals surface area contributed by atoms with Crippen LogP contribution in [0, 0.1) is 5.82 Å². The average molecular weight is 503 g/mol. The number of benzene rings is 2. The predicted octanol–water partition coefficient (Wildman–Crippen LogP) is 4.50. The van der Waals surface area contributed by atoms with E-state index in [0.29, 0.717) is 14.6 Å². The van der Waals surface area contributed by atoms with Crippen LogP contribution in [0.5, 0.6) is 0 Å². The number of halogens is 4. The highest BCUT2D eigenvalue weighted by Crippen LogP contribution is 2.36. The van der Waals surface area contributed by atoms with Crippen molar-refractivity contribution in [1.29, 1.82) is 0 Å². The summed E-state index contributed by atoms with van der Waals surface area (Å²) in [6, 6.07) is 6.53. The number of sulfonamides is 1. The van der Waals surface area contributed by atoms with Gasteiger partial charge in [-0.15, -0.1) is 0 Å². The molecule has 0 radical (unpaired) electrons. The van der Waals surface area contributed by atoms with Crippen molar-refractivity contribution in [3.8, 4) is 0 Å². The van der Waals surface area contributed by atoms with Crippen LogP contribution in [0.15, 0.2) is 48.6 Å². The Bertz CT molecular complexity index is 789. The lowest BCUT2D eigenvalue weighted by Crippen LogP contribution is -2.15. The van der Waals surface area contributed by atoms with Crippen LogP contribution < -0.4 is 10.5 Å². The van der Waals surface area contributed by atoms with Crippen molar-refractivity contribution in [2.24, 2.45) is 0 Å². The van der Waals surface area contributed by atoms with Crippen molar-refractivity contribution < 1.29 is 12.8 Å². The van der Waals surface area contributed by atoms with Crippen LogP contribution >= 0.6 is 47.8 Å². The van der Waals surface area contributed by atoms with Gasteiger partial charge in [-0.05, 0) is 62.2 Å². The fourth-order valence-electron chi connectivity index (χ4n) is 1.57. The summed E-state index contributed by atoms with van der Waals surface area (Å²) in [4.78, 5) is -0.316. The summed E-state index contributed by atoms with van der Waals surface area (Å²) < 4.78 is 42.1. The summed E-state index contributed by atoms with van der Waals surface area (Å²) >= 11 is 9.81. The maximum absolute atomic E-state index is 13.3. The number of nitrogens with one attached hydrogen (secondary N) is 1. The van der Waals surface area contributed by atoms with Gasteiger partial charge in [0.2, 0.25) is 0 Å². The fourth-order valence-corrected chi connectivity index (χ4v) is 5.53. The summed E-state index contributed by atoms with van der Waals surface area (Å²) in [7, 11) is -4.01. The molecule has 0 aliphatic carbocycles. The Hall–Kier alpha value is -0.640. The molecule has 0 heterocycles. The van der Waals surface area contributed by atoms with Gasteiger partial charge in [-0.25, -0.2) is 12.8 Å². The summed E-state index contributed by atoms with van der Waals surface area (Å²) in [6.45, 7) is 0. The Morgan fingerprint density at radius 1 is 1.05 bits per heavy atom. The van der Waals surface area contributed by atoms with Crippen molar-refractivity contribution in [2.75, 3.05) is 10.5 Å². The van der Waals surface area contributed by atoms with E-state index in [9.17, 15) is 12.8 Å². The molecule has 0 saturated heterocycles. The molecule has 0 saturated carbocycles. The molecule has 0 spiro atoms. The van der Waals surface area contributed by atoms with Gasteiger partial charge < -0.3 is 5.73 Å². The molecular formula is C12H8Br3FN2O2S. The Kier molecular flexibility index (Phi) is 4.96. The van der Waals surface area contributed by atoms with E-state index in [-0.39, 0.29) is 10.6 Å². The highest BCUT2D eigenvalue weighted by molar-refractivity contribution is 9.11. The normalized spacial score (nSPS) is 11.4. The molecule has 0 fully saturated rings. The van der Waals surface area contributed by atoms with E-state index >= 15 is 0 Å².